The molecule has 4 rings (SSSR count). The average molecular weight is 383 g/mol. The lowest BCUT2D eigenvalue weighted by Gasteiger charge is -2.07. The molecule has 0 atom stereocenters. The molecule has 0 aliphatic heterocycles. The Morgan fingerprint density at radius 2 is 1.68 bits per heavy atom. The van der Waals surface area contributed by atoms with Crippen LogP contribution in [0.25, 0.3) is 22.8 Å². The predicted molar refractivity (Wildman–Crippen MR) is 94.8 cm³/mol. The number of hydrogen-bond acceptors (Lipinski definition) is 4. The monoisotopic (exact) mass is 383 g/mol. The van der Waals surface area contributed by atoms with Crippen LogP contribution >= 0.6 is 0 Å². The Labute approximate surface area is 156 Å². The molecule has 0 saturated carbocycles. The van der Waals surface area contributed by atoms with E-state index in [2.05, 4.69) is 10.1 Å². The summed E-state index contributed by atoms with van der Waals surface area (Å²) in [5, 5.41) is 3.82. The van der Waals surface area contributed by atoms with Gasteiger partial charge in [0.15, 0.2) is 0 Å². The van der Waals surface area contributed by atoms with E-state index >= 15 is 0 Å². The minimum atomic E-state index is -0.726. The van der Waals surface area contributed by atoms with Gasteiger partial charge in [0.05, 0.1) is 12.1 Å². The second-order valence-electron chi connectivity index (χ2n) is 6.10. The van der Waals surface area contributed by atoms with Gasteiger partial charge in [0, 0.05) is 23.9 Å². The first-order valence-corrected chi connectivity index (χ1v) is 8.23. The van der Waals surface area contributed by atoms with Crippen LogP contribution in [0.4, 0.5) is 13.2 Å². The van der Waals surface area contributed by atoms with Crippen molar-refractivity contribution in [2.45, 2.75) is 6.54 Å². The summed E-state index contributed by atoms with van der Waals surface area (Å²) in [6, 6.07) is 11.6. The maximum atomic E-state index is 13.4. The molecule has 0 aliphatic rings. The Hall–Kier alpha value is -3.68. The number of pyridine rings is 1. The summed E-state index contributed by atoms with van der Waals surface area (Å²) >= 11 is 0. The highest BCUT2D eigenvalue weighted by molar-refractivity contribution is 5.59. The average Bonchev–Trinajstić information content (AvgIpc) is 3.13. The largest absolute Gasteiger partial charge is 0.334 e. The molecule has 2 aromatic carbocycles. The number of nitrogens with zero attached hydrogens (tertiary/aromatic N) is 3. The number of benzene rings is 2. The summed E-state index contributed by atoms with van der Waals surface area (Å²) in [5.74, 6) is -1.57. The molecule has 0 radical (unpaired) electrons. The van der Waals surface area contributed by atoms with Gasteiger partial charge in [-0.25, -0.2) is 13.2 Å². The maximum Gasteiger partial charge on any atom is 0.259 e. The Morgan fingerprint density at radius 3 is 2.43 bits per heavy atom. The molecular weight excluding hydrogens is 371 g/mol. The molecule has 28 heavy (non-hydrogen) atoms. The van der Waals surface area contributed by atoms with E-state index in [0.29, 0.717) is 16.7 Å². The SMILES string of the molecule is O=c1ccc(-c2nc(-c3cccc(F)c3)no2)cn1Cc1cc(F)cc(F)c1. The fourth-order valence-electron chi connectivity index (χ4n) is 2.77. The van der Waals surface area contributed by atoms with Crippen LogP contribution in [-0.2, 0) is 6.54 Å². The van der Waals surface area contributed by atoms with Gasteiger partial charge in [-0.2, -0.15) is 4.98 Å². The molecule has 0 N–H and O–H groups in total. The summed E-state index contributed by atoms with van der Waals surface area (Å²) in [5.41, 5.74) is 0.811. The molecule has 2 aromatic heterocycles. The molecular formula is C20H12F3N3O2. The Morgan fingerprint density at radius 1 is 0.893 bits per heavy atom. The van der Waals surface area contributed by atoms with E-state index in [1.165, 1.54) is 41.1 Å². The molecule has 0 spiro atoms. The van der Waals surface area contributed by atoms with Crippen molar-refractivity contribution in [3.63, 3.8) is 0 Å². The van der Waals surface area contributed by atoms with Crippen molar-refractivity contribution < 1.29 is 17.7 Å². The number of aromatic nitrogens is 3. The summed E-state index contributed by atoms with van der Waals surface area (Å²) in [6.07, 6.45) is 1.45. The van der Waals surface area contributed by atoms with Crippen molar-refractivity contribution in [3.8, 4) is 22.8 Å². The Kier molecular flexibility index (Phi) is 4.52. The predicted octanol–water partition coefficient (Wildman–Crippen LogP) is 4.03. The van der Waals surface area contributed by atoms with Gasteiger partial charge in [0.25, 0.3) is 11.4 Å². The zero-order valence-electron chi connectivity index (χ0n) is 14.3. The van der Waals surface area contributed by atoms with Crippen molar-refractivity contribution in [1.29, 1.82) is 0 Å². The van der Waals surface area contributed by atoms with Crippen LogP contribution < -0.4 is 5.56 Å². The highest BCUT2D eigenvalue weighted by atomic mass is 19.1. The molecule has 4 aromatic rings. The molecule has 5 nitrogen and oxygen atoms in total. The zero-order chi connectivity index (χ0) is 19.7. The van der Waals surface area contributed by atoms with E-state index in [1.807, 2.05) is 0 Å². The molecule has 0 amide bonds. The minimum Gasteiger partial charge on any atom is -0.334 e. The van der Waals surface area contributed by atoms with Crippen molar-refractivity contribution in [2.75, 3.05) is 0 Å². The van der Waals surface area contributed by atoms with Gasteiger partial charge < -0.3 is 9.09 Å². The Bertz CT molecular complexity index is 1200. The summed E-state index contributed by atoms with van der Waals surface area (Å²) in [7, 11) is 0. The molecule has 0 unspecified atom stereocenters. The van der Waals surface area contributed by atoms with E-state index < -0.39 is 17.5 Å². The molecule has 0 fully saturated rings. The number of hydrogen-bond donors (Lipinski definition) is 0. The van der Waals surface area contributed by atoms with Crippen LogP contribution in [0.5, 0.6) is 0 Å². The third-order valence-electron chi connectivity index (χ3n) is 4.01. The molecule has 140 valence electrons. The molecule has 0 bridgehead atoms. The van der Waals surface area contributed by atoms with E-state index in [1.54, 1.807) is 6.07 Å². The normalized spacial score (nSPS) is 11.0. The van der Waals surface area contributed by atoms with Gasteiger partial charge in [-0.1, -0.05) is 17.3 Å². The van der Waals surface area contributed by atoms with E-state index in [4.69, 9.17) is 4.52 Å². The quantitative estimate of drug-likeness (QED) is 0.534. The van der Waals surface area contributed by atoms with Crippen LogP contribution in [0.1, 0.15) is 5.56 Å². The summed E-state index contributed by atoms with van der Waals surface area (Å²) in [6.45, 7) is -0.0355. The van der Waals surface area contributed by atoms with Gasteiger partial charge in [0.1, 0.15) is 17.5 Å². The lowest BCUT2D eigenvalue weighted by atomic mass is 10.2. The van der Waals surface area contributed by atoms with E-state index in [9.17, 15) is 18.0 Å². The fraction of sp³-hybridized carbons (Fsp3) is 0.0500. The second kappa shape index (κ2) is 7.15. The second-order valence-corrected chi connectivity index (χ2v) is 6.10. The minimum absolute atomic E-state index is 0.0355. The first-order valence-electron chi connectivity index (χ1n) is 8.23. The van der Waals surface area contributed by atoms with Crippen LogP contribution in [0.3, 0.4) is 0 Å². The summed E-state index contributed by atoms with van der Waals surface area (Å²) < 4.78 is 46.6. The number of halogens is 3. The topological polar surface area (TPSA) is 60.9 Å². The lowest BCUT2D eigenvalue weighted by molar-refractivity contribution is 0.432. The van der Waals surface area contributed by atoms with Crippen LogP contribution in [0.15, 0.2) is 70.1 Å². The van der Waals surface area contributed by atoms with Gasteiger partial charge in [-0.15, -0.1) is 0 Å². The highest BCUT2D eigenvalue weighted by Crippen LogP contribution is 2.22. The van der Waals surface area contributed by atoms with Crippen LogP contribution in [0, 0.1) is 17.5 Å². The summed E-state index contributed by atoms with van der Waals surface area (Å²) in [4.78, 5) is 16.3. The molecule has 0 saturated heterocycles. The highest BCUT2D eigenvalue weighted by Gasteiger charge is 2.13. The van der Waals surface area contributed by atoms with Gasteiger partial charge in [-0.3, -0.25) is 4.79 Å². The van der Waals surface area contributed by atoms with Gasteiger partial charge in [-0.05, 0) is 35.9 Å². The Balaban J connectivity index is 1.66. The standard InChI is InChI=1S/C20H12F3N3O2/c21-15-3-1-2-13(8-15)19-24-20(28-25-19)14-4-5-18(27)26(11-14)10-12-6-16(22)9-17(23)7-12/h1-9,11H,10H2. The third kappa shape index (κ3) is 3.71. The van der Waals surface area contributed by atoms with Crippen LogP contribution in [0.2, 0.25) is 0 Å². The smallest absolute Gasteiger partial charge is 0.259 e. The third-order valence-corrected chi connectivity index (χ3v) is 4.01. The van der Waals surface area contributed by atoms with Crippen molar-refractivity contribution >= 4 is 0 Å². The molecule has 8 heteroatoms. The number of rotatable bonds is 4. The lowest BCUT2D eigenvalue weighted by Crippen LogP contribution is -2.19. The first kappa shape index (κ1) is 17.7. The molecule has 2 heterocycles. The first-order chi connectivity index (χ1) is 13.5. The van der Waals surface area contributed by atoms with E-state index in [-0.39, 0.29) is 23.8 Å². The zero-order valence-corrected chi connectivity index (χ0v) is 14.3. The van der Waals surface area contributed by atoms with Crippen molar-refractivity contribution in [1.82, 2.24) is 14.7 Å². The van der Waals surface area contributed by atoms with Crippen molar-refractivity contribution in [2.24, 2.45) is 0 Å². The van der Waals surface area contributed by atoms with E-state index in [0.717, 1.165) is 18.2 Å². The van der Waals surface area contributed by atoms with Gasteiger partial charge in [0.2, 0.25) is 5.82 Å². The van der Waals surface area contributed by atoms with Crippen molar-refractivity contribution in [3.05, 3.63) is 94.2 Å². The van der Waals surface area contributed by atoms with Crippen LogP contribution in [-0.4, -0.2) is 14.7 Å². The van der Waals surface area contributed by atoms with Gasteiger partial charge >= 0.3 is 0 Å². The fourth-order valence-corrected chi connectivity index (χ4v) is 2.77. The molecule has 0 aliphatic carbocycles. The maximum absolute atomic E-state index is 13.4.